The molecule has 1 aliphatic rings. The van der Waals surface area contributed by atoms with E-state index in [1.54, 1.807) is 0 Å². The fraction of sp³-hybridized carbons (Fsp3) is 1.00. The van der Waals surface area contributed by atoms with Gasteiger partial charge in [0, 0.05) is 18.1 Å². The van der Waals surface area contributed by atoms with Gasteiger partial charge in [0.1, 0.15) is 0 Å². The molecule has 0 aromatic heterocycles. The molecule has 0 heterocycles. The van der Waals surface area contributed by atoms with Gasteiger partial charge in [0.15, 0.2) is 0 Å². The number of nitrogens with one attached hydrogen (secondary N) is 1. The lowest BCUT2D eigenvalue weighted by atomic mass is 9.92. The predicted octanol–water partition coefficient (Wildman–Crippen LogP) is 3.60. The van der Waals surface area contributed by atoms with E-state index < -0.39 is 0 Å². The van der Waals surface area contributed by atoms with E-state index in [2.05, 4.69) is 19.2 Å². The molecule has 0 aromatic rings. The minimum absolute atomic E-state index is 0.171. The fourth-order valence-corrected chi connectivity index (χ4v) is 2.91. The van der Waals surface area contributed by atoms with Crippen molar-refractivity contribution in [3.63, 3.8) is 0 Å². The fourth-order valence-electron chi connectivity index (χ4n) is 2.91. The summed E-state index contributed by atoms with van der Waals surface area (Å²) in [6.07, 6.45) is 13.5. The Labute approximate surface area is 108 Å². The van der Waals surface area contributed by atoms with E-state index in [1.165, 1.54) is 64.2 Å². The van der Waals surface area contributed by atoms with Crippen LogP contribution in [-0.2, 0) is 0 Å². The van der Waals surface area contributed by atoms with Crippen molar-refractivity contribution in [2.75, 3.05) is 6.54 Å². The molecule has 2 nitrogen and oxygen atoms in total. The molecule has 17 heavy (non-hydrogen) atoms. The van der Waals surface area contributed by atoms with Gasteiger partial charge < -0.3 is 11.1 Å². The van der Waals surface area contributed by atoms with Crippen molar-refractivity contribution >= 4 is 0 Å². The standard InChI is InChI=1S/C15H32N2/c1-3-4-9-12-15(2,13-16)17-14-10-7-5-6-8-11-14/h14,17H,3-13,16H2,1-2H3. The number of unbranched alkanes of at least 4 members (excludes halogenated alkanes) is 2. The smallest absolute Gasteiger partial charge is 0.0278 e. The largest absolute Gasteiger partial charge is 0.329 e. The van der Waals surface area contributed by atoms with Crippen LogP contribution in [0.15, 0.2) is 0 Å². The van der Waals surface area contributed by atoms with E-state index in [0.717, 1.165) is 6.54 Å². The Morgan fingerprint density at radius 3 is 2.29 bits per heavy atom. The Morgan fingerprint density at radius 1 is 1.12 bits per heavy atom. The van der Waals surface area contributed by atoms with Crippen LogP contribution in [0, 0.1) is 0 Å². The van der Waals surface area contributed by atoms with Crippen LogP contribution in [0.2, 0.25) is 0 Å². The zero-order chi connectivity index (χ0) is 12.6. The zero-order valence-corrected chi connectivity index (χ0v) is 11.9. The molecule has 3 N–H and O–H groups in total. The summed E-state index contributed by atoms with van der Waals surface area (Å²) in [6, 6.07) is 0.715. The molecule has 1 saturated carbocycles. The molecular formula is C15H32N2. The Hall–Kier alpha value is -0.0800. The molecular weight excluding hydrogens is 208 g/mol. The van der Waals surface area contributed by atoms with Gasteiger partial charge in [0.2, 0.25) is 0 Å². The first-order valence-corrected chi connectivity index (χ1v) is 7.68. The van der Waals surface area contributed by atoms with E-state index in [0.29, 0.717) is 6.04 Å². The molecule has 1 aliphatic carbocycles. The zero-order valence-electron chi connectivity index (χ0n) is 11.9. The summed E-state index contributed by atoms with van der Waals surface area (Å²) in [5.74, 6) is 0. The highest BCUT2D eigenvalue weighted by Crippen LogP contribution is 2.21. The first kappa shape index (κ1) is 15.0. The highest BCUT2D eigenvalue weighted by molar-refractivity contribution is 4.88. The van der Waals surface area contributed by atoms with Gasteiger partial charge in [-0.05, 0) is 26.2 Å². The molecule has 0 bridgehead atoms. The van der Waals surface area contributed by atoms with Crippen LogP contribution in [0.25, 0.3) is 0 Å². The maximum Gasteiger partial charge on any atom is 0.0278 e. The lowest BCUT2D eigenvalue weighted by molar-refractivity contribution is 0.273. The van der Waals surface area contributed by atoms with Crippen LogP contribution in [0.5, 0.6) is 0 Å². The van der Waals surface area contributed by atoms with Gasteiger partial charge in [0.25, 0.3) is 0 Å². The summed E-state index contributed by atoms with van der Waals surface area (Å²) < 4.78 is 0. The molecule has 0 radical (unpaired) electrons. The average molecular weight is 240 g/mol. The summed E-state index contributed by atoms with van der Waals surface area (Å²) in [6.45, 7) is 5.35. The van der Waals surface area contributed by atoms with Crippen LogP contribution in [0.1, 0.15) is 78.1 Å². The van der Waals surface area contributed by atoms with Crippen LogP contribution < -0.4 is 11.1 Å². The molecule has 1 fully saturated rings. The van der Waals surface area contributed by atoms with Crippen LogP contribution in [-0.4, -0.2) is 18.1 Å². The first-order chi connectivity index (χ1) is 8.20. The Bertz CT molecular complexity index is 185. The van der Waals surface area contributed by atoms with Crippen molar-refractivity contribution < 1.29 is 0 Å². The van der Waals surface area contributed by atoms with E-state index in [9.17, 15) is 0 Å². The topological polar surface area (TPSA) is 38.0 Å². The lowest BCUT2D eigenvalue weighted by Gasteiger charge is -2.34. The van der Waals surface area contributed by atoms with Crippen molar-refractivity contribution in [3.05, 3.63) is 0 Å². The van der Waals surface area contributed by atoms with E-state index in [4.69, 9.17) is 5.73 Å². The van der Waals surface area contributed by atoms with Gasteiger partial charge in [-0.3, -0.25) is 0 Å². The molecule has 0 saturated heterocycles. The molecule has 1 rings (SSSR count). The quantitative estimate of drug-likeness (QED) is 0.527. The van der Waals surface area contributed by atoms with Crippen LogP contribution >= 0.6 is 0 Å². The normalized spacial score (nSPS) is 22.1. The van der Waals surface area contributed by atoms with E-state index in [-0.39, 0.29) is 5.54 Å². The Balaban J connectivity index is 2.36. The Morgan fingerprint density at radius 2 is 1.76 bits per heavy atom. The number of rotatable bonds is 7. The van der Waals surface area contributed by atoms with Gasteiger partial charge in [-0.2, -0.15) is 0 Å². The third-order valence-corrected chi connectivity index (χ3v) is 4.19. The molecule has 0 amide bonds. The molecule has 0 spiro atoms. The van der Waals surface area contributed by atoms with Crippen LogP contribution in [0.4, 0.5) is 0 Å². The van der Waals surface area contributed by atoms with Crippen molar-refractivity contribution in [3.8, 4) is 0 Å². The summed E-state index contributed by atoms with van der Waals surface area (Å²) in [5, 5.41) is 3.86. The lowest BCUT2D eigenvalue weighted by Crippen LogP contribution is -2.52. The maximum absolute atomic E-state index is 5.98. The molecule has 2 heteroatoms. The van der Waals surface area contributed by atoms with Gasteiger partial charge in [-0.25, -0.2) is 0 Å². The molecule has 102 valence electrons. The van der Waals surface area contributed by atoms with Gasteiger partial charge in [0.05, 0.1) is 0 Å². The van der Waals surface area contributed by atoms with E-state index >= 15 is 0 Å². The average Bonchev–Trinajstić information content (AvgIpc) is 2.58. The second-order valence-corrected chi connectivity index (χ2v) is 6.05. The molecule has 1 unspecified atom stereocenters. The SMILES string of the molecule is CCCCCC(C)(CN)NC1CCCCCC1. The number of hydrogen-bond donors (Lipinski definition) is 2. The van der Waals surface area contributed by atoms with Gasteiger partial charge >= 0.3 is 0 Å². The second-order valence-electron chi connectivity index (χ2n) is 6.05. The summed E-state index contributed by atoms with van der Waals surface area (Å²) >= 11 is 0. The van der Waals surface area contributed by atoms with Crippen molar-refractivity contribution in [1.82, 2.24) is 5.32 Å². The van der Waals surface area contributed by atoms with E-state index in [1.807, 2.05) is 0 Å². The van der Waals surface area contributed by atoms with Gasteiger partial charge in [-0.1, -0.05) is 51.9 Å². The van der Waals surface area contributed by atoms with Crippen molar-refractivity contribution in [2.24, 2.45) is 5.73 Å². The molecule has 0 aromatic carbocycles. The predicted molar refractivity (Wildman–Crippen MR) is 76.2 cm³/mol. The minimum Gasteiger partial charge on any atom is -0.329 e. The number of nitrogens with two attached hydrogens (primary N) is 1. The minimum atomic E-state index is 0.171. The number of hydrogen-bond acceptors (Lipinski definition) is 2. The first-order valence-electron chi connectivity index (χ1n) is 7.68. The van der Waals surface area contributed by atoms with Crippen molar-refractivity contribution in [2.45, 2.75) is 89.6 Å². The highest BCUT2D eigenvalue weighted by atomic mass is 15.0. The molecule has 0 aliphatic heterocycles. The second kappa shape index (κ2) is 8.10. The monoisotopic (exact) mass is 240 g/mol. The summed E-state index contributed by atoms with van der Waals surface area (Å²) in [5.41, 5.74) is 6.15. The Kier molecular flexibility index (Phi) is 7.14. The summed E-state index contributed by atoms with van der Waals surface area (Å²) in [7, 11) is 0. The third kappa shape index (κ3) is 5.87. The summed E-state index contributed by atoms with van der Waals surface area (Å²) in [4.78, 5) is 0. The van der Waals surface area contributed by atoms with Crippen molar-refractivity contribution in [1.29, 1.82) is 0 Å². The highest BCUT2D eigenvalue weighted by Gasteiger charge is 2.25. The molecule has 1 atom stereocenters. The third-order valence-electron chi connectivity index (χ3n) is 4.19. The van der Waals surface area contributed by atoms with Crippen LogP contribution in [0.3, 0.4) is 0 Å². The van der Waals surface area contributed by atoms with Gasteiger partial charge in [-0.15, -0.1) is 0 Å². The maximum atomic E-state index is 5.98.